The summed E-state index contributed by atoms with van der Waals surface area (Å²) >= 11 is 0. The van der Waals surface area contributed by atoms with Crippen molar-refractivity contribution in [1.29, 1.82) is 0 Å². The highest BCUT2D eigenvalue weighted by Crippen LogP contribution is 2.36. The average molecular weight is 357 g/mol. The SMILES string of the molecule is CCC(C)NS(=O)(=O)c1cc(C=CC(=O)OC)cc(OC)c1OC. The number of methoxy groups -OCH3 is 3. The van der Waals surface area contributed by atoms with Gasteiger partial charge in [-0.2, -0.15) is 0 Å². The smallest absolute Gasteiger partial charge is 0.330 e. The number of hydrogen-bond acceptors (Lipinski definition) is 6. The Morgan fingerprint density at radius 2 is 1.92 bits per heavy atom. The highest BCUT2D eigenvalue weighted by atomic mass is 32.2. The Labute approximate surface area is 142 Å². The van der Waals surface area contributed by atoms with Gasteiger partial charge in [-0.05, 0) is 37.1 Å². The largest absolute Gasteiger partial charge is 0.493 e. The van der Waals surface area contributed by atoms with Crippen LogP contribution in [0.1, 0.15) is 25.8 Å². The highest BCUT2D eigenvalue weighted by molar-refractivity contribution is 7.89. The van der Waals surface area contributed by atoms with Gasteiger partial charge in [0.2, 0.25) is 10.0 Å². The van der Waals surface area contributed by atoms with Crippen LogP contribution in [-0.4, -0.2) is 41.8 Å². The van der Waals surface area contributed by atoms with E-state index in [9.17, 15) is 13.2 Å². The van der Waals surface area contributed by atoms with Crippen molar-refractivity contribution in [2.24, 2.45) is 0 Å². The molecule has 0 aliphatic carbocycles. The van der Waals surface area contributed by atoms with E-state index < -0.39 is 16.0 Å². The summed E-state index contributed by atoms with van der Waals surface area (Å²) in [7, 11) is 0.211. The van der Waals surface area contributed by atoms with Gasteiger partial charge in [-0.15, -0.1) is 0 Å². The summed E-state index contributed by atoms with van der Waals surface area (Å²) in [4.78, 5) is 11.2. The summed E-state index contributed by atoms with van der Waals surface area (Å²) < 4.78 is 42.8. The van der Waals surface area contributed by atoms with Crippen molar-refractivity contribution in [2.75, 3.05) is 21.3 Å². The molecule has 7 nitrogen and oxygen atoms in total. The molecule has 1 rings (SSSR count). The molecule has 0 aliphatic rings. The monoisotopic (exact) mass is 357 g/mol. The zero-order chi connectivity index (χ0) is 18.3. The van der Waals surface area contributed by atoms with Crippen molar-refractivity contribution < 1.29 is 27.4 Å². The maximum atomic E-state index is 12.6. The minimum absolute atomic E-state index is 0.0610. The number of ether oxygens (including phenoxy) is 3. The third kappa shape index (κ3) is 4.97. The lowest BCUT2D eigenvalue weighted by atomic mass is 10.2. The van der Waals surface area contributed by atoms with Crippen molar-refractivity contribution in [3.05, 3.63) is 23.8 Å². The van der Waals surface area contributed by atoms with Crippen molar-refractivity contribution in [2.45, 2.75) is 31.2 Å². The van der Waals surface area contributed by atoms with Crippen LogP contribution in [0.5, 0.6) is 11.5 Å². The van der Waals surface area contributed by atoms with E-state index in [2.05, 4.69) is 9.46 Å². The van der Waals surface area contributed by atoms with Crippen LogP contribution in [0, 0.1) is 0 Å². The van der Waals surface area contributed by atoms with Crippen LogP contribution in [-0.2, 0) is 19.6 Å². The lowest BCUT2D eigenvalue weighted by Gasteiger charge is -2.17. The molecule has 0 saturated heterocycles. The van der Waals surface area contributed by atoms with Crippen LogP contribution < -0.4 is 14.2 Å². The summed E-state index contributed by atoms with van der Waals surface area (Å²) in [6, 6.07) is 2.74. The molecule has 0 bridgehead atoms. The first-order valence-electron chi connectivity index (χ1n) is 7.33. The number of hydrogen-bond donors (Lipinski definition) is 1. The summed E-state index contributed by atoms with van der Waals surface area (Å²) in [5, 5.41) is 0. The summed E-state index contributed by atoms with van der Waals surface area (Å²) in [6.07, 6.45) is 3.27. The predicted molar refractivity (Wildman–Crippen MR) is 90.7 cm³/mol. The van der Waals surface area contributed by atoms with E-state index >= 15 is 0 Å². The molecule has 0 amide bonds. The minimum Gasteiger partial charge on any atom is -0.493 e. The number of sulfonamides is 1. The van der Waals surface area contributed by atoms with Gasteiger partial charge in [-0.3, -0.25) is 0 Å². The molecule has 0 radical (unpaired) electrons. The highest BCUT2D eigenvalue weighted by Gasteiger charge is 2.24. The van der Waals surface area contributed by atoms with Crippen LogP contribution in [0.25, 0.3) is 6.08 Å². The zero-order valence-electron chi connectivity index (χ0n) is 14.5. The second kappa shape index (κ2) is 8.70. The van der Waals surface area contributed by atoms with E-state index in [1.54, 1.807) is 13.0 Å². The van der Waals surface area contributed by atoms with Gasteiger partial charge < -0.3 is 14.2 Å². The Balaban J connectivity index is 3.45. The van der Waals surface area contributed by atoms with Gasteiger partial charge in [-0.1, -0.05) is 6.92 Å². The van der Waals surface area contributed by atoms with E-state index in [1.165, 1.54) is 39.5 Å². The molecule has 24 heavy (non-hydrogen) atoms. The zero-order valence-corrected chi connectivity index (χ0v) is 15.3. The van der Waals surface area contributed by atoms with Gasteiger partial charge in [0.25, 0.3) is 0 Å². The standard InChI is InChI=1S/C16H23NO6S/c1-6-11(2)17-24(19,20)14-10-12(7-8-15(18)22-4)9-13(21-3)16(14)23-5/h7-11,17H,6H2,1-5H3. The number of benzene rings is 1. The lowest BCUT2D eigenvalue weighted by Crippen LogP contribution is -2.32. The van der Waals surface area contributed by atoms with Crippen molar-refractivity contribution in [3.8, 4) is 11.5 Å². The quantitative estimate of drug-likeness (QED) is 0.565. The van der Waals surface area contributed by atoms with Crippen LogP contribution in [0.3, 0.4) is 0 Å². The second-order valence-electron chi connectivity index (χ2n) is 5.04. The fourth-order valence-corrected chi connectivity index (χ4v) is 3.43. The number of carbonyl (C=O) groups excluding carboxylic acids is 1. The van der Waals surface area contributed by atoms with E-state index in [0.717, 1.165) is 0 Å². The molecule has 0 spiro atoms. The first-order valence-corrected chi connectivity index (χ1v) is 8.81. The van der Waals surface area contributed by atoms with Crippen LogP contribution in [0.15, 0.2) is 23.1 Å². The van der Waals surface area contributed by atoms with Crippen LogP contribution >= 0.6 is 0 Å². The van der Waals surface area contributed by atoms with Gasteiger partial charge >= 0.3 is 5.97 Å². The number of rotatable bonds is 8. The first-order chi connectivity index (χ1) is 11.3. The molecule has 0 aromatic heterocycles. The third-order valence-corrected chi connectivity index (χ3v) is 4.93. The topological polar surface area (TPSA) is 90.9 Å². The van der Waals surface area contributed by atoms with E-state index in [4.69, 9.17) is 9.47 Å². The van der Waals surface area contributed by atoms with Gasteiger partial charge in [0.15, 0.2) is 11.5 Å². The molecule has 134 valence electrons. The molecule has 1 aromatic carbocycles. The fourth-order valence-electron chi connectivity index (χ4n) is 1.89. The molecule has 0 fully saturated rings. The molecular weight excluding hydrogens is 334 g/mol. The minimum atomic E-state index is -3.82. The Bertz CT molecular complexity index is 712. The summed E-state index contributed by atoms with van der Waals surface area (Å²) in [5.74, 6) is -0.204. The van der Waals surface area contributed by atoms with Gasteiger partial charge in [0.1, 0.15) is 4.90 Å². The Hall–Kier alpha value is -2.06. The predicted octanol–water partition coefficient (Wildman–Crippen LogP) is 1.97. The van der Waals surface area contributed by atoms with Gasteiger partial charge in [0.05, 0.1) is 21.3 Å². The van der Waals surface area contributed by atoms with Crippen LogP contribution in [0.4, 0.5) is 0 Å². The van der Waals surface area contributed by atoms with Crippen LogP contribution in [0.2, 0.25) is 0 Å². The normalized spacial score (nSPS) is 12.9. The molecule has 8 heteroatoms. The Morgan fingerprint density at radius 1 is 1.25 bits per heavy atom. The molecule has 1 aromatic rings. The maximum absolute atomic E-state index is 12.6. The molecule has 1 N–H and O–H groups in total. The van der Waals surface area contributed by atoms with E-state index in [1.807, 2.05) is 6.92 Å². The number of esters is 1. The average Bonchev–Trinajstić information content (AvgIpc) is 2.57. The molecule has 0 saturated carbocycles. The van der Waals surface area contributed by atoms with Crippen molar-refractivity contribution >= 4 is 22.1 Å². The van der Waals surface area contributed by atoms with Gasteiger partial charge in [0, 0.05) is 12.1 Å². The van der Waals surface area contributed by atoms with E-state index in [0.29, 0.717) is 12.0 Å². The van der Waals surface area contributed by atoms with Crippen molar-refractivity contribution in [3.63, 3.8) is 0 Å². The third-order valence-electron chi connectivity index (χ3n) is 3.34. The molecular formula is C16H23NO6S. The van der Waals surface area contributed by atoms with Gasteiger partial charge in [-0.25, -0.2) is 17.9 Å². The molecule has 1 unspecified atom stereocenters. The molecule has 1 atom stereocenters. The first kappa shape index (κ1) is 20.0. The molecule has 0 heterocycles. The summed E-state index contributed by atoms with van der Waals surface area (Å²) in [5.41, 5.74) is 0.461. The summed E-state index contributed by atoms with van der Waals surface area (Å²) in [6.45, 7) is 3.64. The second-order valence-corrected chi connectivity index (χ2v) is 6.72. The number of nitrogens with one attached hydrogen (secondary N) is 1. The number of carbonyl (C=O) groups is 1. The lowest BCUT2D eigenvalue weighted by molar-refractivity contribution is -0.134. The Morgan fingerprint density at radius 3 is 2.42 bits per heavy atom. The molecule has 0 aliphatic heterocycles. The Kier molecular flexibility index (Phi) is 7.24. The van der Waals surface area contributed by atoms with Crippen molar-refractivity contribution in [1.82, 2.24) is 4.72 Å². The van der Waals surface area contributed by atoms with E-state index in [-0.39, 0.29) is 22.4 Å². The maximum Gasteiger partial charge on any atom is 0.330 e. The fraction of sp³-hybridized carbons (Fsp3) is 0.438.